The summed E-state index contributed by atoms with van der Waals surface area (Å²) in [6.45, 7) is 2.16. The minimum absolute atomic E-state index is 0.0638. The molecule has 0 saturated carbocycles. The number of aromatic hydroxyl groups is 1. The van der Waals surface area contributed by atoms with Gasteiger partial charge in [0.15, 0.2) is 0 Å². The number of esters is 1. The van der Waals surface area contributed by atoms with Gasteiger partial charge in [0.05, 0.1) is 13.0 Å². The van der Waals surface area contributed by atoms with Crippen LogP contribution in [-0.2, 0) is 16.0 Å². The van der Waals surface area contributed by atoms with E-state index in [4.69, 9.17) is 4.74 Å². The molecule has 0 saturated heterocycles. The lowest BCUT2D eigenvalue weighted by Gasteiger charge is -2.17. The van der Waals surface area contributed by atoms with Crippen molar-refractivity contribution in [3.05, 3.63) is 59.9 Å². The number of phenols is 1. The van der Waals surface area contributed by atoms with Gasteiger partial charge in [0.25, 0.3) is 0 Å². The molecule has 4 nitrogen and oxygen atoms in total. The summed E-state index contributed by atoms with van der Waals surface area (Å²) < 4.78 is 5.04. The fraction of sp³-hybridized carbons (Fsp3) is 0.294. The third kappa shape index (κ3) is 4.31. The molecule has 0 unspecified atom stereocenters. The van der Waals surface area contributed by atoms with E-state index in [1.165, 1.54) is 0 Å². The number of benzene rings is 1. The first-order valence-electron chi connectivity index (χ1n) is 7.03. The average Bonchev–Trinajstić information content (AvgIpc) is 2.50. The normalized spacial score (nSPS) is 11.9. The molecule has 2 rings (SSSR count). The van der Waals surface area contributed by atoms with Crippen LogP contribution in [0.5, 0.6) is 5.75 Å². The molecule has 1 atom stereocenters. The first-order valence-corrected chi connectivity index (χ1v) is 7.03. The van der Waals surface area contributed by atoms with Crippen LogP contribution in [-0.4, -0.2) is 22.7 Å². The lowest BCUT2D eigenvalue weighted by molar-refractivity contribution is -0.143. The van der Waals surface area contributed by atoms with E-state index in [0.29, 0.717) is 13.0 Å². The van der Waals surface area contributed by atoms with Gasteiger partial charge >= 0.3 is 5.97 Å². The molecule has 1 aromatic heterocycles. The maximum Gasteiger partial charge on any atom is 0.306 e. The van der Waals surface area contributed by atoms with Crippen LogP contribution in [0.15, 0.2) is 48.8 Å². The molecule has 0 aliphatic heterocycles. The number of aromatic nitrogens is 1. The molecule has 0 radical (unpaired) electrons. The monoisotopic (exact) mass is 285 g/mol. The highest BCUT2D eigenvalue weighted by Crippen LogP contribution is 2.28. The highest BCUT2D eigenvalue weighted by molar-refractivity contribution is 5.70. The highest BCUT2D eigenvalue weighted by atomic mass is 16.5. The van der Waals surface area contributed by atoms with Crippen molar-refractivity contribution in [1.82, 2.24) is 4.98 Å². The molecule has 2 aromatic rings. The standard InChI is InChI=1S/C17H19NO3/c1-2-21-17(20)11-15(14-7-5-9-18-12-14)10-13-6-3-4-8-16(13)19/h3-9,12,15,19H,2,10-11H2,1H3/t15-/m0/s1. The zero-order valence-electron chi connectivity index (χ0n) is 12.0. The van der Waals surface area contributed by atoms with Crippen molar-refractivity contribution >= 4 is 5.97 Å². The predicted molar refractivity (Wildman–Crippen MR) is 80.0 cm³/mol. The average molecular weight is 285 g/mol. The van der Waals surface area contributed by atoms with Crippen molar-refractivity contribution in [3.8, 4) is 5.75 Å². The van der Waals surface area contributed by atoms with E-state index < -0.39 is 0 Å². The topological polar surface area (TPSA) is 59.4 Å². The van der Waals surface area contributed by atoms with Gasteiger partial charge in [-0.05, 0) is 42.5 Å². The van der Waals surface area contributed by atoms with Gasteiger partial charge in [-0.25, -0.2) is 0 Å². The summed E-state index contributed by atoms with van der Waals surface area (Å²) in [5.41, 5.74) is 1.78. The Labute approximate surface area is 124 Å². The first kappa shape index (κ1) is 15.0. The van der Waals surface area contributed by atoms with Gasteiger partial charge in [0.1, 0.15) is 5.75 Å². The van der Waals surface area contributed by atoms with Crippen LogP contribution in [0, 0.1) is 0 Å². The largest absolute Gasteiger partial charge is 0.508 e. The van der Waals surface area contributed by atoms with Crippen molar-refractivity contribution < 1.29 is 14.6 Å². The summed E-state index contributed by atoms with van der Waals surface area (Å²) in [4.78, 5) is 15.9. The van der Waals surface area contributed by atoms with Crippen molar-refractivity contribution in [2.75, 3.05) is 6.61 Å². The molecule has 1 heterocycles. The maximum absolute atomic E-state index is 11.8. The molecule has 0 bridgehead atoms. The Hall–Kier alpha value is -2.36. The van der Waals surface area contributed by atoms with Gasteiger partial charge in [-0.1, -0.05) is 24.3 Å². The lowest BCUT2D eigenvalue weighted by atomic mass is 9.90. The van der Waals surface area contributed by atoms with Gasteiger partial charge in [0.2, 0.25) is 0 Å². The Morgan fingerprint density at radius 1 is 1.29 bits per heavy atom. The molecule has 0 aliphatic carbocycles. The fourth-order valence-corrected chi connectivity index (χ4v) is 2.30. The number of phenolic OH excluding ortho intramolecular Hbond substituents is 1. The smallest absolute Gasteiger partial charge is 0.306 e. The van der Waals surface area contributed by atoms with E-state index in [9.17, 15) is 9.90 Å². The van der Waals surface area contributed by atoms with Crippen LogP contribution >= 0.6 is 0 Å². The second-order valence-corrected chi connectivity index (χ2v) is 4.83. The molecule has 4 heteroatoms. The Bertz CT molecular complexity index is 584. The van der Waals surface area contributed by atoms with Crippen molar-refractivity contribution in [2.24, 2.45) is 0 Å². The summed E-state index contributed by atoms with van der Waals surface area (Å²) in [5, 5.41) is 9.91. The Morgan fingerprint density at radius 3 is 2.76 bits per heavy atom. The first-order chi connectivity index (χ1) is 10.2. The number of pyridine rings is 1. The maximum atomic E-state index is 11.8. The molecule has 110 valence electrons. The van der Waals surface area contributed by atoms with Crippen LogP contribution < -0.4 is 0 Å². The van der Waals surface area contributed by atoms with Crippen molar-refractivity contribution in [3.63, 3.8) is 0 Å². The zero-order chi connectivity index (χ0) is 15.1. The molecule has 0 aliphatic rings. The van der Waals surface area contributed by atoms with E-state index in [2.05, 4.69) is 4.98 Å². The van der Waals surface area contributed by atoms with Gasteiger partial charge in [-0.2, -0.15) is 0 Å². The van der Waals surface area contributed by atoms with E-state index in [-0.39, 0.29) is 24.1 Å². The zero-order valence-corrected chi connectivity index (χ0v) is 12.0. The number of para-hydroxylation sites is 1. The van der Waals surface area contributed by atoms with Crippen LogP contribution in [0.4, 0.5) is 0 Å². The third-order valence-corrected chi connectivity index (χ3v) is 3.33. The van der Waals surface area contributed by atoms with E-state index >= 15 is 0 Å². The van der Waals surface area contributed by atoms with Gasteiger partial charge < -0.3 is 9.84 Å². The molecular formula is C17H19NO3. The third-order valence-electron chi connectivity index (χ3n) is 3.33. The van der Waals surface area contributed by atoms with E-state index in [0.717, 1.165) is 11.1 Å². The molecule has 0 fully saturated rings. The Balaban J connectivity index is 2.20. The minimum Gasteiger partial charge on any atom is -0.508 e. The number of carbonyl (C=O) groups excluding carboxylic acids is 1. The SMILES string of the molecule is CCOC(=O)C[C@H](Cc1ccccc1O)c1cccnc1. The van der Waals surface area contributed by atoms with Crippen LogP contribution in [0.25, 0.3) is 0 Å². The molecule has 1 N–H and O–H groups in total. The quantitative estimate of drug-likeness (QED) is 0.829. The summed E-state index contributed by atoms with van der Waals surface area (Å²) in [6, 6.07) is 11.0. The summed E-state index contributed by atoms with van der Waals surface area (Å²) in [6.07, 6.45) is 4.29. The summed E-state index contributed by atoms with van der Waals surface area (Å²) in [5.74, 6) is -0.0527. The molecular weight excluding hydrogens is 266 g/mol. The van der Waals surface area contributed by atoms with Gasteiger partial charge in [0, 0.05) is 12.4 Å². The summed E-state index contributed by atoms with van der Waals surface area (Å²) in [7, 11) is 0. The van der Waals surface area contributed by atoms with Crippen LogP contribution in [0.3, 0.4) is 0 Å². The van der Waals surface area contributed by atoms with Crippen molar-refractivity contribution in [1.29, 1.82) is 0 Å². The second kappa shape index (κ2) is 7.43. The molecule has 0 spiro atoms. The number of nitrogens with zero attached hydrogens (tertiary/aromatic N) is 1. The predicted octanol–water partition coefficient (Wildman–Crippen LogP) is 3.07. The molecule has 1 aromatic carbocycles. The number of hydrogen-bond acceptors (Lipinski definition) is 4. The van der Waals surface area contributed by atoms with Crippen molar-refractivity contribution in [2.45, 2.75) is 25.7 Å². The van der Waals surface area contributed by atoms with Gasteiger partial charge in [-0.15, -0.1) is 0 Å². The number of rotatable bonds is 6. The van der Waals surface area contributed by atoms with E-state index in [1.54, 1.807) is 31.5 Å². The minimum atomic E-state index is -0.234. The van der Waals surface area contributed by atoms with Gasteiger partial charge in [-0.3, -0.25) is 9.78 Å². The Morgan fingerprint density at radius 2 is 2.10 bits per heavy atom. The molecule has 0 amide bonds. The summed E-state index contributed by atoms with van der Waals surface area (Å²) >= 11 is 0. The lowest BCUT2D eigenvalue weighted by Crippen LogP contribution is -2.13. The van der Waals surface area contributed by atoms with E-state index in [1.807, 2.05) is 24.3 Å². The number of hydrogen-bond donors (Lipinski definition) is 1. The highest BCUT2D eigenvalue weighted by Gasteiger charge is 2.19. The van der Waals surface area contributed by atoms with Crippen LogP contribution in [0.1, 0.15) is 30.4 Å². The second-order valence-electron chi connectivity index (χ2n) is 4.83. The molecule has 21 heavy (non-hydrogen) atoms. The fourth-order valence-electron chi connectivity index (χ4n) is 2.30. The number of ether oxygens (including phenoxy) is 1. The number of carbonyl (C=O) groups is 1. The Kier molecular flexibility index (Phi) is 5.32. The van der Waals surface area contributed by atoms with Crippen LogP contribution in [0.2, 0.25) is 0 Å².